The highest BCUT2D eigenvalue weighted by molar-refractivity contribution is 5.29. The number of unbranched alkanes of at least 4 members (excludes halogenated alkanes) is 3. The zero-order valence-electron chi connectivity index (χ0n) is 12.3. The molecule has 0 aliphatic rings. The van der Waals surface area contributed by atoms with E-state index < -0.39 is 11.7 Å². The van der Waals surface area contributed by atoms with Gasteiger partial charge in [0.1, 0.15) is 0 Å². The summed E-state index contributed by atoms with van der Waals surface area (Å²) < 4.78 is 38.5. The van der Waals surface area contributed by atoms with Crippen molar-refractivity contribution in [1.82, 2.24) is 5.32 Å². The molecule has 1 N–H and O–H groups in total. The fraction of sp³-hybridized carbons (Fsp3) is 0.625. The van der Waals surface area contributed by atoms with Crippen LogP contribution in [0.2, 0.25) is 0 Å². The van der Waals surface area contributed by atoms with Gasteiger partial charge in [-0.25, -0.2) is 0 Å². The third kappa shape index (κ3) is 5.95. The van der Waals surface area contributed by atoms with Gasteiger partial charge in [-0.05, 0) is 25.0 Å². The van der Waals surface area contributed by atoms with Crippen molar-refractivity contribution in [1.29, 1.82) is 0 Å². The minimum Gasteiger partial charge on any atom is -0.310 e. The maximum absolute atomic E-state index is 12.8. The summed E-state index contributed by atoms with van der Waals surface area (Å²) in [6, 6.07) is 6.01. The number of halogens is 3. The molecular weight excluding hydrogens is 263 g/mol. The second-order valence-corrected chi connectivity index (χ2v) is 5.29. The van der Waals surface area contributed by atoms with Crippen LogP contribution < -0.4 is 5.32 Å². The molecule has 0 aliphatic carbocycles. The Kier molecular flexibility index (Phi) is 7.06. The summed E-state index contributed by atoms with van der Waals surface area (Å²) in [7, 11) is 0. The van der Waals surface area contributed by atoms with E-state index in [9.17, 15) is 13.2 Å². The van der Waals surface area contributed by atoms with E-state index >= 15 is 0 Å². The molecule has 1 rings (SSSR count). The van der Waals surface area contributed by atoms with Gasteiger partial charge in [0.25, 0.3) is 0 Å². The van der Waals surface area contributed by atoms with Gasteiger partial charge >= 0.3 is 6.18 Å². The van der Waals surface area contributed by atoms with Crippen LogP contribution in [0.15, 0.2) is 24.3 Å². The summed E-state index contributed by atoms with van der Waals surface area (Å²) in [4.78, 5) is 0. The lowest BCUT2D eigenvalue weighted by atomic mass is 10.1. The van der Waals surface area contributed by atoms with E-state index in [1.807, 2.05) is 6.92 Å². The first-order valence-corrected chi connectivity index (χ1v) is 7.33. The Morgan fingerprint density at radius 3 is 2.45 bits per heavy atom. The van der Waals surface area contributed by atoms with Crippen molar-refractivity contribution in [2.75, 3.05) is 0 Å². The van der Waals surface area contributed by atoms with E-state index in [-0.39, 0.29) is 12.6 Å². The Labute approximate surface area is 119 Å². The molecule has 0 bridgehead atoms. The monoisotopic (exact) mass is 287 g/mol. The van der Waals surface area contributed by atoms with Crippen LogP contribution >= 0.6 is 0 Å². The van der Waals surface area contributed by atoms with Gasteiger partial charge in [-0.2, -0.15) is 13.2 Å². The highest BCUT2D eigenvalue weighted by atomic mass is 19.4. The summed E-state index contributed by atoms with van der Waals surface area (Å²) in [5.74, 6) is 0. The Morgan fingerprint density at radius 2 is 1.80 bits per heavy atom. The van der Waals surface area contributed by atoms with E-state index in [4.69, 9.17) is 0 Å². The van der Waals surface area contributed by atoms with Crippen molar-refractivity contribution >= 4 is 0 Å². The van der Waals surface area contributed by atoms with Crippen molar-refractivity contribution in [2.45, 2.75) is 64.7 Å². The number of nitrogens with one attached hydrogen (secondary N) is 1. The van der Waals surface area contributed by atoms with Gasteiger partial charge < -0.3 is 5.32 Å². The van der Waals surface area contributed by atoms with Crippen molar-refractivity contribution in [3.05, 3.63) is 35.4 Å². The van der Waals surface area contributed by atoms with E-state index in [1.54, 1.807) is 12.1 Å². The summed E-state index contributed by atoms with van der Waals surface area (Å²) in [5, 5.41) is 3.19. The second kappa shape index (κ2) is 8.30. The maximum atomic E-state index is 12.8. The van der Waals surface area contributed by atoms with Gasteiger partial charge in [0, 0.05) is 12.6 Å². The molecule has 0 aliphatic heterocycles. The van der Waals surface area contributed by atoms with Crippen molar-refractivity contribution in [3.63, 3.8) is 0 Å². The van der Waals surface area contributed by atoms with Crippen LogP contribution in [0.25, 0.3) is 0 Å². The van der Waals surface area contributed by atoms with Gasteiger partial charge in [-0.15, -0.1) is 0 Å². The Bertz CT molecular complexity index is 388. The predicted octanol–water partition coefficient (Wildman–Crippen LogP) is 5.15. The predicted molar refractivity (Wildman–Crippen MR) is 76.5 cm³/mol. The molecule has 1 nitrogen and oxygen atoms in total. The minimum atomic E-state index is -4.28. The third-order valence-corrected chi connectivity index (χ3v) is 3.45. The molecule has 1 unspecified atom stereocenters. The Balaban J connectivity index is 2.45. The SMILES string of the molecule is CCCCCCC(C)NCc1ccccc1C(F)(F)F. The molecule has 0 fully saturated rings. The van der Waals surface area contributed by atoms with Gasteiger partial charge in [-0.3, -0.25) is 0 Å². The third-order valence-electron chi connectivity index (χ3n) is 3.45. The van der Waals surface area contributed by atoms with Crippen LogP contribution in [-0.2, 0) is 12.7 Å². The lowest BCUT2D eigenvalue weighted by Crippen LogP contribution is -2.26. The molecule has 1 atom stereocenters. The molecule has 4 heteroatoms. The molecule has 0 spiro atoms. The first-order chi connectivity index (χ1) is 9.45. The van der Waals surface area contributed by atoms with Crippen LogP contribution in [0.3, 0.4) is 0 Å². The highest BCUT2D eigenvalue weighted by Crippen LogP contribution is 2.31. The van der Waals surface area contributed by atoms with Crippen LogP contribution in [0.5, 0.6) is 0 Å². The first kappa shape index (κ1) is 17.0. The summed E-state index contributed by atoms with van der Waals surface area (Å²) in [6.45, 7) is 4.46. The summed E-state index contributed by atoms with van der Waals surface area (Å²) >= 11 is 0. The van der Waals surface area contributed by atoms with Gasteiger partial charge in [0.2, 0.25) is 0 Å². The fourth-order valence-corrected chi connectivity index (χ4v) is 2.21. The topological polar surface area (TPSA) is 12.0 Å². The van der Waals surface area contributed by atoms with Crippen molar-refractivity contribution < 1.29 is 13.2 Å². The number of hydrogen-bond donors (Lipinski definition) is 1. The molecule has 1 aromatic carbocycles. The van der Waals surface area contributed by atoms with E-state index in [1.165, 1.54) is 25.3 Å². The molecular formula is C16H24F3N. The molecule has 20 heavy (non-hydrogen) atoms. The van der Waals surface area contributed by atoms with Crippen molar-refractivity contribution in [2.24, 2.45) is 0 Å². The van der Waals surface area contributed by atoms with Gasteiger partial charge in [0.15, 0.2) is 0 Å². The van der Waals surface area contributed by atoms with E-state index in [2.05, 4.69) is 12.2 Å². The van der Waals surface area contributed by atoms with E-state index in [0.717, 1.165) is 18.9 Å². The zero-order chi connectivity index (χ0) is 15.0. The smallest absolute Gasteiger partial charge is 0.310 e. The van der Waals surface area contributed by atoms with Crippen LogP contribution in [0, 0.1) is 0 Å². The number of alkyl halides is 3. The largest absolute Gasteiger partial charge is 0.416 e. The average Bonchev–Trinajstić information content (AvgIpc) is 2.40. The van der Waals surface area contributed by atoms with Gasteiger partial charge in [-0.1, -0.05) is 50.8 Å². The molecule has 114 valence electrons. The van der Waals surface area contributed by atoms with Crippen molar-refractivity contribution in [3.8, 4) is 0 Å². The maximum Gasteiger partial charge on any atom is 0.416 e. The molecule has 0 saturated heterocycles. The molecule has 0 amide bonds. The molecule has 1 aromatic rings. The number of rotatable bonds is 8. The molecule has 0 radical (unpaired) electrons. The molecule has 0 heterocycles. The first-order valence-electron chi connectivity index (χ1n) is 7.33. The van der Waals surface area contributed by atoms with Gasteiger partial charge in [0.05, 0.1) is 5.56 Å². The molecule has 0 saturated carbocycles. The van der Waals surface area contributed by atoms with Crippen LogP contribution in [0.4, 0.5) is 13.2 Å². The lowest BCUT2D eigenvalue weighted by Gasteiger charge is -2.17. The number of benzene rings is 1. The van der Waals surface area contributed by atoms with Crippen LogP contribution in [-0.4, -0.2) is 6.04 Å². The lowest BCUT2D eigenvalue weighted by molar-refractivity contribution is -0.138. The highest BCUT2D eigenvalue weighted by Gasteiger charge is 2.32. The number of hydrogen-bond acceptors (Lipinski definition) is 1. The minimum absolute atomic E-state index is 0.244. The summed E-state index contributed by atoms with van der Waals surface area (Å²) in [6.07, 6.45) is 1.48. The standard InChI is InChI=1S/C16H24F3N/c1-3-4-5-6-9-13(2)20-12-14-10-7-8-11-15(14)16(17,18)19/h7-8,10-11,13,20H,3-6,9,12H2,1-2H3. The quantitative estimate of drug-likeness (QED) is 0.652. The average molecular weight is 287 g/mol. The second-order valence-electron chi connectivity index (χ2n) is 5.29. The van der Waals surface area contributed by atoms with Crippen LogP contribution in [0.1, 0.15) is 57.1 Å². The zero-order valence-corrected chi connectivity index (χ0v) is 12.3. The molecule has 0 aromatic heterocycles. The van der Waals surface area contributed by atoms with E-state index in [0.29, 0.717) is 5.56 Å². The Hall–Kier alpha value is -1.03. The fourth-order valence-electron chi connectivity index (χ4n) is 2.21. The summed E-state index contributed by atoms with van der Waals surface area (Å²) in [5.41, 5.74) is -0.217. The Morgan fingerprint density at radius 1 is 1.10 bits per heavy atom. The normalized spacial score (nSPS) is 13.4.